The number of pyridine rings is 1. The fourth-order valence-electron chi connectivity index (χ4n) is 2.86. The quantitative estimate of drug-likeness (QED) is 0.289. The van der Waals surface area contributed by atoms with E-state index in [9.17, 15) is 4.79 Å². The van der Waals surface area contributed by atoms with Crippen LogP contribution in [0.2, 0.25) is 0 Å². The van der Waals surface area contributed by atoms with Crippen molar-refractivity contribution in [3.63, 3.8) is 0 Å². The first-order valence-corrected chi connectivity index (χ1v) is 10.2. The molecule has 2 rings (SSSR count). The van der Waals surface area contributed by atoms with E-state index in [-0.39, 0.29) is 5.97 Å². The van der Waals surface area contributed by atoms with Crippen LogP contribution >= 0.6 is 0 Å². The van der Waals surface area contributed by atoms with Gasteiger partial charge in [0.1, 0.15) is 24.1 Å². The molecule has 0 N–H and O–H groups in total. The largest absolute Gasteiger partial charge is 0.494 e. The second-order valence-corrected chi connectivity index (χ2v) is 6.77. The minimum Gasteiger partial charge on any atom is -0.494 e. The summed E-state index contributed by atoms with van der Waals surface area (Å²) in [6.07, 6.45) is 10.2. The molecule has 0 saturated carbocycles. The molecule has 1 heterocycles. The lowest BCUT2D eigenvalue weighted by Gasteiger charge is -2.08. The molecule has 0 saturated heterocycles. The first kappa shape index (κ1) is 21.7. The number of unbranched alkanes of at least 4 members (excludes halogenated alkanes) is 5. The molecule has 0 spiro atoms. The molecule has 0 fully saturated rings. The van der Waals surface area contributed by atoms with E-state index < -0.39 is 0 Å². The molecule has 0 atom stereocenters. The molecule has 0 unspecified atom stereocenters. The number of esters is 1. The summed E-state index contributed by atoms with van der Waals surface area (Å²) in [6.45, 7) is 3.87. The summed E-state index contributed by atoms with van der Waals surface area (Å²) in [5, 5.41) is 0. The minimum absolute atomic E-state index is 0.248. The third-order valence-corrected chi connectivity index (χ3v) is 4.35. The molecular formula is C23H32NO4+. The number of carbonyl (C=O) groups excluding carboxylic acids is 1. The van der Waals surface area contributed by atoms with Crippen LogP contribution in [-0.2, 0) is 11.8 Å². The molecule has 0 amide bonds. The summed E-state index contributed by atoms with van der Waals surface area (Å²) >= 11 is 0. The summed E-state index contributed by atoms with van der Waals surface area (Å²) in [6, 6.07) is 11.4. The average Bonchev–Trinajstić information content (AvgIpc) is 2.70. The molecule has 0 aliphatic heterocycles. The van der Waals surface area contributed by atoms with Gasteiger partial charge >= 0.3 is 5.97 Å². The number of benzene rings is 1. The Hall–Kier alpha value is -2.56. The summed E-state index contributed by atoms with van der Waals surface area (Å²) in [7, 11) is 1.89. The Bertz CT molecular complexity index is 700. The van der Waals surface area contributed by atoms with Gasteiger partial charge in [-0.2, -0.15) is 0 Å². The van der Waals surface area contributed by atoms with Crippen molar-refractivity contribution in [3.8, 4) is 11.5 Å². The monoisotopic (exact) mass is 386 g/mol. The zero-order chi connectivity index (χ0) is 20.0. The third-order valence-electron chi connectivity index (χ3n) is 4.35. The van der Waals surface area contributed by atoms with Gasteiger partial charge < -0.3 is 14.2 Å². The van der Waals surface area contributed by atoms with Gasteiger partial charge in [-0.1, -0.05) is 25.7 Å². The van der Waals surface area contributed by atoms with Gasteiger partial charge in [0.05, 0.1) is 19.8 Å². The molecule has 1 aromatic carbocycles. The van der Waals surface area contributed by atoms with Crippen LogP contribution in [0.25, 0.3) is 0 Å². The van der Waals surface area contributed by atoms with Crippen LogP contribution in [0, 0.1) is 0 Å². The van der Waals surface area contributed by atoms with Gasteiger partial charge in [-0.3, -0.25) is 0 Å². The molecule has 0 radical (unpaired) electrons. The highest BCUT2D eigenvalue weighted by Crippen LogP contribution is 2.18. The van der Waals surface area contributed by atoms with E-state index >= 15 is 0 Å². The third kappa shape index (κ3) is 8.42. The molecule has 0 aliphatic rings. The van der Waals surface area contributed by atoms with Crippen LogP contribution in [0.15, 0.2) is 48.8 Å². The predicted octanol–water partition coefficient (Wildman–Crippen LogP) is 4.49. The summed E-state index contributed by atoms with van der Waals surface area (Å²) in [5.41, 5.74) is 0.595. The van der Waals surface area contributed by atoms with Gasteiger partial charge in [0.15, 0.2) is 12.4 Å². The van der Waals surface area contributed by atoms with Crippen molar-refractivity contribution in [1.29, 1.82) is 0 Å². The first-order chi connectivity index (χ1) is 13.7. The second kappa shape index (κ2) is 12.8. The average molecular weight is 387 g/mol. The highest BCUT2D eigenvalue weighted by molar-refractivity contribution is 5.88. The highest BCUT2D eigenvalue weighted by atomic mass is 16.5. The minimum atomic E-state index is -0.248. The SMILES string of the molecule is CCOc1ccc(OCCCCCCCCOC(=O)c2ccc[n+](C)c2)cc1. The Kier molecular flexibility index (Phi) is 9.91. The van der Waals surface area contributed by atoms with Crippen molar-refractivity contribution in [2.75, 3.05) is 19.8 Å². The normalized spacial score (nSPS) is 10.5. The molecule has 5 heteroatoms. The van der Waals surface area contributed by atoms with Crippen molar-refractivity contribution in [3.05, 3.63) is 54.4 Å². The smallest absolute Gasteiger partial charge is 0.344 e. The molecule has 0 aliphatic carbocycles. The van der Waals surface area contributed by atoms with Crippen LogP contribution in [0.1, 0.15) is 55.8 Å². The maximum absolute atomic E-state index is 11.9. The Labute approximate surface area is 168 Å². The molecular weight excluding hydrogens is 354 g/mol. The van der Waals surface area contributed by atoms with Gasteiger partial charge in [0.25, 0.3) is 0 Å². The van der Waals surface area contributed by atoms with Crippen molar-refractivity contribution in [1.82, 2.24) is 0 Å². The van der Waals surface area contributed by atoms with E-state index in [0.717, 1.165) is 50.2 Å². The van der Waals surface area contributed by atoms with Crippen molar-refractivity contribution < 1.29 is 23.6 Å². The zero-order valence-corrected chi connectivity index (χ0v) is 17.1. The number of hydrogen-bond donors (Lipinski definition) is 0. The summed E-state index contributed by atoms with van der Waals surface area (Å²) in [4.78, 5) is 11.9. The van der Waals surface area contributed by atoms with Gasteiger partial charge in [0, 0.05) is 6.07 Å². The Balaban J connectivity index is 1.44. The molecule has 5 nitrogen and oxygen atoms in total. The first-order valence-electron chi connectivity index (χ1n) is 10.2. The maximum Gasteiger partial charge on any atom is 0.344 e. The molecule has 0 bridgehead atoms. The van der Waals surface area contributed by atoms with Crippen LogP contribution in [-0.4, -0.2) is 25.8 Å². The number of nitrogens with zero attached hydrogens (tertiary/aromatic N) is 1. The topological polar surface area (TPSA) is 48.6 Å². The Morgan fingerprint density at radius 2 is 1.46 bits per heavy atom. The number of carbonyl (C=O) groups is 1. The van der Waals surface area contributed by atoms with E-state index in [1.165, 1.54) is 6.42 Å². The van der Waals surface area contributed by atoms with Crippen molar-refractivity contribution >= 4 is 5.97 Å². The lowest BCUT2D eigenvalue weighted by Crippen LogP contribution is -2.28. The van der Waals surface area contributed by atoms with E-state index in [1.807, 2.05) is 55.1 Å². The highest BCUT2D eigenvalue weighted by Gasteiger charge is 2.09. The van der Waals surface area contributed by atoms with Crippen LogP contribution in [0.5, 0.6) is 11.5 Å². The fraction of sp³-hybridized carbons (Fsp3) is 0.478. The Morgan fingerprint density at radius 3 is 2.11 bits per heavy atom. The number of aromatic nitrogens is 1. The lowest BCUT2D eigenvalue weighted by molar-refractivity contribution is -0.671. The molecule has 1 aromatic heterocycles. The van der Waals surface area contributed by atoms with E-state index in [1.54, 1.807) is 12.3 Å². The fourth-order valence-corrected chi connectivity index (χ4v) is 2.86. The van der Waals surface area contributed by atoms with Gasteiger partial charge in [-0.25, -0.2) is 9.36 Å². The Morgan fingerprint density at radius 1 is 0.857 bits per heavy atom. The van der Waals surface area contributed by atoms with Crippen LogP contribution < -0.4 is 14.0 Å². The predicted molar refractivity (Wildman–Crippen MR) is 109 cm³/mol. The molecule has 2 aromatic rings. The number of hydrogen-bond acceptors (Lipinski definition) is 4. The van der Waals surface area contributed by atoms with E-state index in [2.05, 4.69) is 0 Å². The van der Waals surface area contributed by atoms with Crippen LogP contribution in [0.3, 0.4) is 0 Å². The van der Waals surface area contributed by atoms with Crippen LogP contribution in [0.4, 0.5) is 0 Å². The summed E-state index contributed by atoms with van der Waals surface area (Å²) < 4.78 is 18.3. The number of ether oxygens (including phenoxy) is 3. The van der Waals surface area contributed by atoms with Gasteiger partial charge in [-0.15, -0.1) is 0 Å². The van der Waals surface area contributed by atoms with E-state index in [4.69, 9.17) is 14.2 Å². The number of rotatable bonds is 13. The lowest BCUT2D eigenvalue weighted by atomic mass is 10.1. The van der Waals surface area contributed by atoms with E-state index in [0.29, 0.717) is 18.8 Å². The second-order valence-electron chi connectivity index (χ2n) is 6.77. The molecule has 152 valence electrons. The van der Waals surface area contributed by atoms with Crippen molar-refractivity contribution in [2.45, 2.75) is 45.4 Å². The van der Waals surface area contributed by atoms with Crippen molar-refractivity contribution in [2.24, 2.45) is 7.05 Å². The van der Waals surface area contributed by atoms with Gasteiger partial charge in [0.2, 0.25) is 0 Å². The molecule has 28 heavy (non-hydrogen) atoms. The summed E-state index contributed by atoms with van der Waals surface area (Å²) in [5.74, 6) is 1.51. The van der Waals surface area contributed by atoms with Gasteiger partial charge in [-0.05, 0) is 50.1 Å². The zero-order valence-electron chi connectivity index (χ0n) is 17.1. The maximum atomic E-state index is 11.9. The standard InChI is InChI=1S/C23H32NO4/c1-3-26-21-12-14-22(15-13-21)27-17-8-6-4-5-7-9-18-28-23(25)20-11-10-16-24(2)19-20/h10-16,19H,3-9,17-18H2,1-2H3/q+1. The number of aryl methyl sites for hydroxylation is 1.